The zero-order chi connectivity index (χ0) is 19.5. The van der Waals surface area contributed by atoms with Gasteiger partial charge in [0.2, 0.25) is 15.9 Å². The van der Waals surface area contributed by atoms with E-state index in [1.54, 1.807) is 18.2 Å². The Bertz CT molecular complexity index is 745. The van der Waals surface area contributed by atoms with Crippen LogP contribution in [-0.2, 0) is 20.6 Å². The molecule has 1 aliphatic rings. The second kappa shape index (κ2) is 8.91. The minimum Gasteiger partial charge on any atom is -0.353 e. The van der Waals surface area contributed by atoms with Crippen LogP contribution in [-0.4, -0.2) is 37.8 Å². The fourth-order valence-corrected chi connectivity index (χ4v) is 4.98. The van der Waals surface area contributed by atoms with E-state index < -0.39 is 10.0 Å². The van der Waals surface area contributed by atoms with E-state index in [-0.39, 0.29) is 23.6 Å². The summed E-state index contributed by atoms with van der Waals surface area (Å²) >= 11 is 11.9. The Morgan fingerprint density at radius 2 is 1.85 bits per heavy atom. The lowest BCUT2D eigenvalue weighted by molar-refractivity contribution is -0.127. The highest BCUT2D eigenvalue weighted by Gasteiger charge is 2.32. The van der Waals surface area contributed by atoms with Gasteiger partial charge in [-0.15, -0.1) is 0 Å². The molecule has 1 fully saturated rings. The molecular formula is C18H26Cl2N2O3S. The van der Waals surface area contributed by atoms with Crippen molar-refractivity contribution in [1.29, 1.82) is 0 Å². The Labute approximate surface area is 166 Å². The number of rotatable bonds is 6. The highest BCUT2D eigenvalue weighted by molar-refractivity contribution is 7.88. The Hall–Kier alpha value is -0.820. The van der Waals surface area contributed by atoms with Gasteiger partial charge in [-0.2, -0.15) is 0 Å². The quantitative estimate of drug-likeness (QED) is 0.762. The molecule has 1 aromatic carbocycles. The molecule has 1 atom stereocenters. The first kappa shape index (κ1) is 21.5. The molecule has 0 radical (unpaired) electrons. The summed E-state index contributed by atoms with van der Waals surface area (Å²) in [5.74, 6) is 0.0823. The lowest BCUT2D eigenvalue weighted by Gasteiger charge is -2.31. The molecule has 5 nitrogen and oxygen atoms in total. The number of hydrogen-bond acceptors (Lipinski definition) is 3. The molecule has 1 N–H and O–H groups in total. The fourth-order valence-electron chi connectivity index (χ4n) is 2.83. The van der Waals surface area contributed by atoms with Gasteiger partial charge in [0.25, 0.3) is 0 Å². The number of sulfonamides is 1. The third-order valence-electron chi connectivity index (χ3n) is 4.94. The lowest BCUT2D eigenvalue weighted by atomic mass is 9.96. The maximum absolute atomic E-state index is 12.7. The zero-order valence-electron chi connectivity index (χ0n) is 15.3. The van der Waals surface area contributed by atoms with Crippen LogP contribution in [0, 0.1) is 11.8 Å². The molecule has 8 heteroatoms. The Kier molecular flexibility index (Phi) is 7.36. The molecule has 0 aliphatic carbocycles. The summed E-state index contributed by atoms with van der Waals surface area (Å²) < 4.78 is 26.8. The van der Waals surface area contributed by atoms with Crippen molar-refractivity contribution >= 4 is 39.1 Å². The summed E-state index contributed by atoms with van der Waals surface area (Å²) in [4.78, 5) is 12.3. The lowest BCUT2D eigenvalue weighted by Crippen LogP contribution is -2.46. The fraction of sp³-hybridized carbons (Fsp3) is 0.611. The van der Waals surface area contributed by atoms with E-state index in [2.05, 4.69) is 19.2 Å². The number of halogens is 2. The zero-order valence-corrected chi connectivity index (χ0v) is 17.7. The predicted molar refractivity (Wildman–Crippen MR) is 106 cm³/mol. The van der Waals surface area contributed by atoms with Crippen molar-refractivity contribution in [3.8, 4) is 0 Å². The van der Waals surface area contributed by atoms with Crippen molar-refractivity contribution in [2.45, 2.75) is 45.4 Å². The molecule has 1 saturated heterocycles. The van der Waals surface area contributed by atoms with Crippen LogP contribution in [0.3, 0.4) is 0 Å². The van der Waals surface area contributed by atoms with E-state index >= 15 is 0 Å². The Morgan fingerprint density at radius 3 is 2.38 bits per heavy atom. The number of hydrogen-bond donors (Lipinski definition) is 1. The highest BCUT2D eigenvalue weighted by Crippen LogP contribution is 2.26. The minimum atomic E-state index is -3.48. The van der Waals surface area contributed by atoms with Crippen LogP contribution in [0.1, 0.15) is 39.2 Å². The summed E-state index contributed by atoms with van der Waals surface area (Å²) in [6.07, 6.45) is 1.06. The Balaban J connectivity index is 1.94. The van der Waals surface area contributed by atoms with Crippen LogP contribution in [0.15, 0.2) is 18.2 Å². The largest absolute Gasteiger partial charge is 0.353 e. The smallest absolute Gasteiger partial charge is 0.223 e. The second-order valence-electron chi connectivity index (χ2n) is 7.21. The third-order valence-corrected chi connectivity index (χ3v) is 7.36. The molecule has 1 aromatic rings. The molecule has 1 aliphatic heterocycles. The van der Waals surface area contributed by atoms with E-state index in [1.165, 1.54) is 4.31 Å². The van der Waals surface area contributed by atoms with Crippen LogP contribution in [0.4, 0.5) is 0 Å². The van der Waals surface area contributed by atoms with Gasteiger partial charge < -0.3 is 5.32 Å². The van der Waals surface area contributed by atoms with Crippen LogP contribution in [0.5, 0.6) is 0 Å². The summed E-state index contributed by atoms with van der Waals surface area (Å²) in [5, 5.41) is 3.83. The first-order valence-corrected chi connectivity index (χ1v) is 11.2. The van der Waals surface area contributed by atoms with Gasteiger partial charge in [0, 0.05) is 35.1 Å². The molecule has 1 unspecified atom stereocenters. The topological polar surface area (TPSA) is 66.5 Å². The first-order valence-electron chi connectivity index (χ1n) is 8.82. The van der Waals surface area contributed by atoms with Crippen LogP contribution < -0.4 is 5.32 Å². The highest BCUT2D eigenvalue weighted by atomic mass is 35.5. The van der Waals surface area contributed by atoms with Crippen molar-refractivity contribution in [1.82, 2.24) is 9.62 Å². The van der Waals surface area contributed by atoms with Crippen LogP contribution in [0.25, 0.3) is 0 Å². The molecule has 2 rings (SSSR count). The number of nitrogens with one attached hydrogen (secondary N) is 1. The van der Waals surface area contributed by atoms with E-state index in [0.717, 1.165) is 0 Å². The monoisotopic (exact) mass is 420 g/mol. The van der Waals surface area contributed by atoms with Crippen molar-refractivity contribution in [3.05, 3.63) is 33.8 Å². The van der Waals surface area contributed by atoms with Crippen molar-refractivity contribution < 1.29 is 13.2 Å². The molecule has 0 aromatic heterocycles. The summed E-state index contributed by atoms with van der Waals surface area (Å²) in [6.45, 7) is 6.80. The number of carbonyl (C=O) groups is 1. The summed E-state index contributed by atoms with van der Waals surface area (Å²) in [7, 11) is -3.48. The van der Waals surface area contributed by atoms with E-state index in [0.29, 0.717) is 47.5 Å². The van der Waals surface area contributed by atoms with Gasteiger partial charge in [0.05, 0.1) is 5.75 Å². The van der Waals surface area contributed by atoms with Crippen molar-refractivity contribution in [2.24, 2.45) is 11.8 Å². The molecule has 1 heterocycles. The van der Waals surface area contributed by atoms with Gasteiger partial charge in [0.15, 0.2) is 0 Å². The van der Waals surface area contributed by atoms with E-state index in [9.17, 15) is 13.2 Å². The average molecular weight is 421 g/mol. The van der Waals surface area contributed by atoms with Gasteiger partial charge >= 0.3 is 0 Å². The number of piperidine rings is 1. The standard InChI is InChI=1S/C18H26Cl2N2O3S/c1-12(2)13(3)21-18(23)14-6-8-22(9-7-14)26(24,25)11-15-4-5-16(19)10-17(15)20/h4-5,10,12-14H,6-9,11H2,1-3H3,(H,21,23). The second-order valence-corrected chi connectivity index (χ2v) is 10.0. The van der Waals surface area contributed by atoms with Gasteiger partial charge in [-0.05, 0) is 43.4 Å². The molecule has 146 valence electrons. The van der Waals surface area contributed by atoms with Gasteiger partial charge in [-0.3, -0.25) is 4.79 Å². The maximum Gasteiger partial charge on any atom is 0.223 e. The maximum atomic E-state index is 12.7. The molecule has 0 saturated carbocycles. The molecule has 26 heavy (non-hydrogen) atoms. The molecule has 0 bridgehead atoms. The van der Waals surface area contributed by atoms with Crippen LogP contribution in [0.2, 0.25) is 10.0 Å². The average Bonchev–Trinajstić information content (AvgIpc) is 2.57. The molecule has 0 spiro atoms. The predicted octanol–water partition coefficient (Wildman–Crippen LogP) is 3.70. The Morgan fingerprint density at radius 1 is 1.23 bits per heavy atom. The molecular weight excluding hydrogens is 395 g/mol. The summed E-state index contributed by atoms with van der Waals surface area (Å²) in [6, 6.07) is 4.91. The molecule has 1 amide bonds. The minimum absolute atomic E-state index is 0.0176. The first-order chi connectivity index (χ1) is 12.1. The normalized spacial score (nSPS) is 18.1. The number of benzene rings is 1. The number of nitrogens with zero attached hydrogens (tertiary/aromatic N) is 1. The van der Waals surface area contributed by atoms with Crippen LogP contribution >= 0.6 is 23.2 Å². The SMILES string of the molecule is CC(C)C(C)NC(=O)C1CCN(S(=O)(=O)Cc2ccc(Cl)cc2Cl)CC1. The van der Waals surface area contributed by atoms with Gasteiger partial charge in [-0.1, -0.05) is 43.1 Å². The third kappa shape index (κ3) is 5.59. The van der Waals surface area contributed by atoms with E-state index in [4.69, 9.17) is 23.2 Å². The van der Waals surface area contributed by atoms with Crippen molar-refractivity contribution in [2.75, 3.05) is 13.1 Å². The van der Waals surface area contributed by atoms with Gasteiger partial charge in [-0.25, -0.2) is 12.7 Å². The number of carbonyl (C=O) groups excluding carboxylic acids is 1. The van der Waals surface area contributed by atoms with Gasteiger partial charge in [0.1, 0.15) is 0 Å². The number of amides is 1. The summed E-state index contributed by atoms with van der Waals surface area (Å²) in [5.41, 5.74) is 0.529. The van der Waals surface area contributed by atoms with Crippen molar-refractivity contribution in [3.63, 3.8) is 0 Å². The van der Waals surface area contributed by atoms with E-state index in [1.807, 2.05) is 6.92 Å².